The van der Waals surface area contributed by atoms with Crippen molar-refractivity contribution in [3.63, 3.8) is 0 Å². The first-order chi connectivity index (χ1) is 13.2. The highest BCUT2D eigenvalue weighted by Crippen LogP contribution is 2.27. The molecule has 6 nitrogen and oxygen atoms in total. The zero-order valence-corrected chi connectivity index (χ0v) is 17.8. The van der Waals surface area contributed by atoms with Gasteiger partial charge in [0.2, 0.25) is 15.9 Å². The van der Waals surface area contributed by atoms with Crippen LogP contribution in [0.3, 0.4) is 0 Å². The van der Waals surface area contributed by atoms with Crippen LogP contribution in [0.1, 0.15) is 38.7 Å². The number of amides is 1. The molecule has 1 atom stereocenters. The Morgan fingerprint density at radius 2 is 1.71 bits per heavy atom. The molecular formula is C21H28N2O4S. The van der Waals surface area contributed by atoms with Crippen LogP contribution in [0.4, 0.5) is 11.4 Å². The van der Waals surface area contributed by atoms with Crippen LogP contribution in [-0.4, -0.2) is 33.7 Å². The number of nitrogens with one attached hydrogen (secondary N) is 1. The van der Waals surface area contributed by atoms with Gasteiger partial charge in [-0.2, -0.15) is 0 Å². The molecule has 7 heteroatoms. The average molecular weight is 405 g/mol. The fraction of sp³-hybridized carbons (Fsp3) is 0.381. The molecule has 28 heavy (non-hydrogen) atoms. The minimum atomic E-state index is -3.68. The van der Waals surface area contributed by atoms with Crippen LogP contribution >= 0.6 is 0 Å². The van der Waals surface area contributed by atoms with Gasteiger partial charge in [0.25, 0.3) is 0 Å². The van der Waals surface area contributed by atoms with Gasteiger partial charge in [-0.25, -0.2) is 8.42 Å². The quantitative estimate of drug-likeness (QED) is 0.721. The first-order valence-corrected chi connectivity index (χ1v) is 11.1. The highest BCUT2D eigenvalue weighted by Gasteiger charge is 2.31. The molecule has 0 fully saturated rings. The van der Waals surface area contributed by atoms with E-state index in [2.05, 4.69) is 5.32 Å². The molecule has 0 unspecified atom stereocenters. The maximum absolute atomic E-state index is 13.1. The van der Waals surface area contributed by atoms with E-state index in [4.69, 9.17) is 4.74 Å². The highest BCUT2D eigenvalue weighted by atomic mass is 32.2. The number of methoxy groups -OCH3 is 1. The Kier molecular flexibility index (Phi) is 7.07. The number of carbonyl (C=O) groups excluding carboxylic acids is 1. The van der Waals surface area contributed by atoms with Gasteiger partial charge in [0, 0.05) is 5.69 Å². The van der Waals surface area contributed by atoms with Crippen molar-refractivity contribution in [2.45, 2.75) is 39.2 Å². The Labute approximate surface area is 167 Å². The molecule has 0 aliphatic carbocycles. The van der Waals surface area contributed by atoms with Crippen LogP contribution in [0.25, 0.3) is 0 Å². The summed E-state index contributed by atoms with van der Waals surface area (Å²) in [7, 11) is -2.14. The number of para-hydroxylation sites is 1. The highest BCUT2D eigenvalue weighted by molar-refractivity contribution is 7.92. The van der Waals surface area contributed by atoms with Gasteiger partial charge >= 0.3 is 0 Å². The summed E-state index contributed by atoms with van der Waals surface area (Å²) in [5.41, 5.74) is 2.12. The molecule has 2 rings (SSSR count). The Morgan fingerprint density at radius 3 is 2.21 bits per heavy atom. The van der Waals surface area contributed by atoms with Gasteiger partial charge in [-0.1, -0.05) is 39.0 Å². The number of ether oxygens (including phenoxy) is 1. The van der Waals surface area contributed by atoms with Crippen molar-refractivity contribution in [2.24, 2.45) is 0 Å². The van der Waals surface area contributed by atoms with E-state index in [9.17, 15) is 13.2 Å². The van der Waals surface area contributed by atoms with E-state index in [0.717, 1.165) is 11.8 Å². The Bertz CT molecular complexity index is 908. The molecule has 1 amide bonds. The zero-order chi connectivity index (χ0) is 20.9. The molecule has 0 aliphatic heterocycles. The van der Waals surface area contributed by atoms with Crippen molar-refractivity contribution in [3.8, 4) is 5.75 Å². The molecule has 2 aromatic rings. The van der Waals surface area contributed by atoms with Crippen LogP contribution in [-0.2, 0) is 14.8 Å². The third-order valence-electron chi connectivity index (χ3n) is 4.50. The van der Waals surface area contributed by atoms with Crippen molar-refractivity contribution in [1.29, 1.82) is 0 Å². The van der Waals surface area contributed by atoms with Gasteiger partial charge in [0.05, 0.1) is 19.1 Å². The van der Waals surface area contributed by atoms with Crippen LogP contribution in [0.15, 0.2) is 48.5 Å². The summed E-state index contributed by atoms with van der Waals surface area (Å²) >= 11 is 0. The van der Waals surface area contributed by atoms with E-state index in [0.29, 0.717) is 23.5 Å². The van der Waals surface area contributed by atoms with Crippen LogP contribution in [0.5, 0.6) is 5.75 Å². The van der Waals surface area contributed by atoms with E-state index >= 15 is 0 Å². The number of nitrogens with zero attached hydrogens (tertiary/aromatic N) is 1. The van der Waals surface area contributed by atoms with Crippen molar-refractivity contribution in [2.75, 3.05) is 23.0 Å². The Balaban J connectivity index is 2.39. The lowest BCUT2D eigenvalue weighted by molar-refractivity contribution is -0.117. The molecule has 0 aliphatic rings. The zero-order valence-electron chi connectivity index (χ0n) is 17.0. The van der Waals surface area contributed by atoms with Crippen LogP contribution in [0.2, 0.25) is 0 Å². The Hall–Kier alpha value is -2.54. The number of anilines is 2. The van der Waals surface area contributed by atoms with Gasteiger partial charge in [-0.3, -0.25) is 9.10 Å². The lowest BCUT2D eigenvalue weighted by Crippen LogP contribution is -2.47. The SMILES string of the molecule is CC[C@H](C(=O)Nc1ccccc1C(C)C)N(c1ccc(OC)cc1)S(C)(=O)=O. The molecule has 0 radical (unpaired) electrons. The Morgan fingerprint density at radius 1 is 1.11 bits per heavy atom. The second-order valence-electron chi connectivity index (χ2n) is 6.91. The first-order valence-electron chi connectivity index (χ1n) is 9.22. The van der Waals surface area contributed by atoms with Gasteiger partial charge in [0.15, 0.2) is 0 Å². The summed E-state index contributed by atoms with van der Waals surface area (Å²) in [6.07, 6.45) is 1.43. The summed E-state index contributed by atoms with van der Waals surface area (Å²) in [5.74, 6) is 0.474. The smallest absolute Gasteiger partial charge is 0.248 e. The molecule has 2 aromatic carbocycles. The monoisotopic (exact) mass is 404 g/mol. The number of hydrogen-bond acceptors (Lipinski definition) is 4. The fourth-order valence-corrected chi connectivity index (χ4v) is 4.33. The molecule has 0 bridgehead atoms. The summed E-state index contributed by atoms with van der Waals surface area (Å²) in [4.78, 5) is 13.1. The standard InChI is InChI=1S/C21H28N2O4S/c1-6-20(21(24)22-19-10-8-7-9-18(19)15(2)3)23(28(5,25)26)16-11-13-17(27-4)14-12-16/h7-15,20H,6H2,1-5H3,(H,22,24)/t20-/m1/s1. The van der Waals surface area contributed by atoms with E-state index in [1.165, 1.54) is 11.4 Å². The molecule has 1 N–H and O–H groups in total. The first kappa shape index (κ1) is 21.8. The van der Waals surface area contributed by atoms with E-state index < -0.39 is 16.1 Å². The van der Waals surface area contributed by atoms with Crippen molar-refractivity contribution in [1.82, 2.24) is 0 Å². The third-order valence-corrected chi connectivity index (χ3v) is 5.68. The third kappa shape index (κ3) is 5.04. The van der Waals surface area contributed by atoms with Gasteiger partial charge < -0.3 is 10.1 Å². The molecule has 152 valence electrons. The largest absolute Gasteiger partial charge is 0.497 e. The molecule has 0 saturated heterocycles. The number of sulfonamides is 1. The normalized spacial score (nSPS) is 12.5. The average Bonchev–Trinajstić information content (AvgIpc) is 2.65. The maximum atomic E-state index is 13.1. The summed E-state index contributed by atoms with van der Waals surface area (Å²) in [5, 5.41) is 2.92. The second kappa shape index (κ2) is 9.10. The second-order valence-corrected chi connectivity index (χ2v) is 8.77. The fourth-order valence-electron chi connectivity index (χ4n) is 3.12. The minimum Gasteiger partial charge on any atom is -0.497 e. The number of hydrogen-bond donors (Lipinski definition) is 1. The van der Waals surface area contributed by atoms with Crippen molar-refractivity contribution in [3.05, 3.63) is 54.1 Å². The van der Waals surface area contributed by atoms with Gasteiger partial charge in [-0.15, -0.1) is 0 Å². The lowest BCUT2D eigenvalue weighted by atomic mass is 10.0. The van der Waals surface area contributed by atoms with Gasteiger partial charge in [0.1, 0.15) is 11.8 Å². The maximum Gasteiger partial charge on any atom is 0.248 e. The molecule has 0 aromatic heterocycles. The minimum absolute atomic E-state index is 0.226. The number of rotatable bonds is 8. The van der Waals surface area contributed by atoms with E-state index in [1.54, 1.807) is 31.2 Å². The molecule has 0 heterocycles. The van der Waals surface area contributed by atoms with Crippen LogP contribution < -0.4 is 14.4 Å². The lowest BCUT2D eigenvalue weighted by Gasteiger charge is -2.30. The predicted molar refractivity (Wildman–Crippen MR) is 114 cm³/mol. The van der Waals surface area contributed by atoms with E-state index in [-0.39, 0.29) is 11.8 Å². The number of carbonyl (C=O) groups is 1. The summed E-state index contributed by atoms with van der Waals surface area (Å²) in [6.45, 7) is 5.88. The molecular weight excluding hydrogens is 376 g/mol. The van der Waals surface area contributed by atoms with Crippen molar-refractivity contribution < 1.29 is 17.9 Å². The predicted octanol–water partition coefficient (Wildman–Crippen LogP) is 4.00. The van der Waals surface area contributed by atoms with E-state index in [1.807, 2.05) is 38.1 Å². The van der Waals surface area contributed by atoms with Crippen LogP contribution in [0, 0.1) is 0 Å². The molecule has 0 spiro atoms. The van der Waals surface area contributed by atoms with Crippen molar-refractivity contribution >= 4 is 27.3 Å². The van der Waals surface area contributed by atoms with Gasteiger partial charge in [-0.05, 0) is 48.2 Å². The summed E-state index contributed by atoms with van der Waals surface area (Å²) < 4.78 is 31.4. The number of benzene rings is 2. The topological polar surface area (TPSA) is 75.7 Å². The summed E-state index contributed by atoms with van der Waals surface area (Å²) in [6, 6.07) is 13.3. The molecule has 0 saturated carbocycles.